The molecule has 6 heteroatoms. The minimum absolute atomic E-state index is 0.00978. The summed E-state index contributed by atoms with van der Waals surface area (Å²) in [4.78, 5) is 19.0. The van der Waals surface area contributed by atoms with Gasteiger partial charge in [0.1, 0.15) is 0 Å². The second kappa shape index (κ2) is 7.99. The molecule has 1 amide bonds. The SMILES string of the molecule is O=C(Cc1ccccn1)N1Cc2ccnn2CC(OCC2CCCC2)C1. The van der Waals surface area contributed by atoms with Crippen molar-refractivity contribution in [3.8, 4) is 0 Å². The van der Waals surface area contributed by atoms with Crippen LogP contribution >= 0.6 is 0 Å². The molecule has 2 aromatic heterocycles. The summed E-state index contributed by atoms with van der Waals surface area (Å²) >= 11 is 0. The molecular weight excluding hydrogens is 328 g/mol. The van der Waals surface area contributed by atoms with Crippen LogP contribution in [0.5, 0.6) is 0 Å². The van der Waals surface area contributed by atoms with Crippen molar-refractivity contribution in [1.29, 1.82) is 0 Å². The largest absolute Gasteiger partial charge is 0.374 e. The van der Waals surface area contributed by atoms with Crippen LogP contribution in [0.4, 0.5) is 0 Å². The number of rotatable bonds is 5. The molecule has 0 N–H and O–H groups in total. The van der Waals surface area contributed by atoms with E-state index in [9.17, 15) is 4.79 Å². The van der Waals surface area contributed by atoms with Gasteiger partial charge in [-0.1, -0.05) is 18.9 Å². The van der Waals surface area contributed by atoms with Crippen LogP contribution in [0.1, 0.15) is 37.1 Å². The van der Waals surface area contributed by atoms with Gasteiger partial charge in [-0.3, -0.25) is 14.5 Å². The zero-order chi connectivity index (χ0) is 17.8. The highest BCUT2D eigenvalue weighted by Gasteiger charge is 2.27. The predicted molar refractivity (Wildman–Crippen MR) is 97.3 cm³/mol. The van der Waals surface area contributed by atoms with Crippen molar-refractivity contribution in [2.24, 2.45) is 5.92 Å². The summed E-state index contributed by atoms with van der Waals surface area (Å²) in [6.07, 6.45) is 9.01. The topological polar surface area (TPSA) is 60.2 Å². The van der Waals surface area contributed by atoms with Gasteiger partial charge in [0.25, 0.3) is 0 Å². The van der Waals surface area contributed by atoms with Gasteiger partial charge < -0.3 is 9.64 Å². The molecule has 26 heavy (non-hydrogen) atoms. The Kier molecular flexibility index (Phi) is 5.29. The van der Waals surface area contributed by atoms with Gasteiger partial charge in [-0.25, -0.2) is 0 Å². The molecular formula is C20H26N4O2. The van der Waals surface area contributed by atoms with Gasteiger partial charge >= 0.3 is 0 Å². The molecule has 0 saturated heterocycles. The maximum absolute atomic E-state index is 12.9. The summed E-state index contributed by atoms with van der Waals surface area (Å²) in [5, 5.41) is 4.41. The maximum atomic E-state index is 12.9. The fraction of sp³-hybridized carbons (Fsp3) is 0.550. The minimum atomic E-state index is -0.00978. The molecule has 2 aliphatic rings. The van der Waals surface area contributed by atoms with Gasteiger partial charge in [-0.2, -0.15) is 5.10 Å². The van der Waals surface area contributed by atoms with Crippen molar-refractivity contribution in [2.45, 2.75) is 51.3 Å². The monoisotopic (exact) mass is 354 g/mol. The first-order valence-corrected chi connectivity index (χ1v) is 9.58. The molecule has 1 aliphatic carbocycles. The minimum Gasteiger partial charge on any atom is -0.374 e. The number of nitrogens with zero attached hydrogens (tertiary/aromatic N) is 4. The van der Waals surface area contributed by atoms with Crippen molar-refractivity contribution in [3.05, 3.63) is 48.0 Å². The Labute approximate surface area is 154 Å². The van der Waals surface area contributed by atoms with E-state index in [1.807, 2.05) is 33.8 Å². The van der Waals surface area contributed by atoms with Crippen LogP contribution in [-0.4, -0.2) is 44.8 Å². The standard InChI is InChI=1S/C20H26N4O2/c25-20(11-17-7-3-4-9-21-17)23-12-18-8-10-22-24(18)14-19(13-23)26-15-16-5-1-2-6-16/h3-4,7-10,16,19H,1-2,5-6,11-15H2. The predicted octanol–water partition coefficient (Wildman–Crippen LogP) is 2.44. The van der Waals surface area contributed by atoms with E-state index in [1.54, 1.807) is 12.4 Å². The van der Waals surface area contributed by atoms with Crippen LogP contribution in [0.2, 0.25) is 0 Å². The van der Waals surface area contributed by atoms with E-state index in [0.717, 1.165) is 18.0 Å². The van der Waals surface area contributed by atoms with E-state index >= 15 is 0 Å². The van der Waals surface area contributed by atoms with E-state index < -0.39 is 0 Å². The number of ether oxygens (including phenoxy) is 1. The van der Waals surface area contributed by atoms with Crippen molar-refractivity contribution >= 4 is 5.91 Å². The Morgan fingerprint density at radius 1 is 1.15 bits per heavy atom. The summed E-state index contributed by atoms with van der Waals surface area (Å²) in [6, 6.07) is 7.67. The summed E-state index contributed by atoms with van der Waals surface area (Å²) in [7, 11) is 0. The third kappa shape index (κ3) is 4.12. The van der Waals surface area contributed by atoms with E-state index in [2.05, 4.69) is 10.1 Å². The average Bonchev–Trinajstić information content (AvgIpc) is 3.29. The lowest BCUT2D eigenvalue weighted by Gasteiger charge is -2.25. The lowest BCUT2D eigenvalue weighted by molar-refractivity contribution is -0.133. The molecule has 2 aromatic rings. The summed E-state index contributed by atoms with van der Waals surface area (Å²) < 4.78 is 8.21. The highest BCUT2D eigenvalue weighted by molar-refractivity contribution is 5.78. The number of carbonyl (C=O) groups is 1. The second-order valence-electron chi connectivity index (χ2n) is 7.38. The fourth-order valence-electron chi connectivity index (χ4n) is 3.93. The van der Waals surface area contributed by atoms with Crippen LogP contribution < -0.4 is 0 Å². The molecule has 1 fully saturated rings. The van der Waals surface area contributed by atoms with E-state index in [4.69, 9.17) is 4.74 Å². The fourth-order valence-corrected chi connectivity index (χ4v) is 3.93. The number of carbonyl (C=O) groups excluding carboxylic acids is 1. The highest BCUT2D eigenvalue weighted by Crippen LogP contribution is 2.25. The zero-order valence-corrected chi connectivity index (χ0v) is 15.1. The first-order valence-electron chi connectivity index (χ1n) is 9.58. The lowest BCUT2D eigenvalue weighted by Crippen LogP contribution is -2.38. The molecule has 1 saturated carbocycles. The molecule has 0 radical (unpaired) electrons. The Morgan fingerprint density at radius 2 is 2.04 bits per heavy atom. The summed E-state index contributed by atoms with van der Waals surface area (Å²) in [6.45, 7) is 2.70. The molecule has 0 spiro atoms. The number of amides is 1. The van der Waals surface area contributed by atoms with Crippen LogP contribution in [0, 0.1) is 5.92 Å². The molecule has 1 aliphatic heterocycles. The second-order valence-corrected chi connectivity index (χ2v) is 7.38. The molecule has 0 aromatic carbocycles. The van der Waals surface area contributed by atoms with Gasteiger partial charge in [-0.05, 0) is 37.0 Å². The first-order chi connectivity index (χ1) is 12.8. The number of hydrogen-bond donors (Lipinski definition) is 0. The van der Waals surface area contributed by atoms with Crippen molar-refractivity contribution < 1.29 is 9.53 Å². The van der Waals surface area contributed by atoms with Gasteiger partial charge in [0.2, 0.25) is 5.91 Å². The van der Waals surface area contributed by atoms with Gasteiger partial charge in [0, 0.05) is 31.2 Å². The third-order valence-electron chi connectivity index (χ3n) is 5.41. The van der Waals surface area contributed by atoms with Gasteiger partial charge in [0.15, 0.2) is 0 Å². The number of pyridine rings is 1. The third-order valence-corrected chi connectivity index (χ3v) is 5.41. The molecule has 1 unspecified atom stereocenters. The Hall–Kier alpha value is -2.21. The normalized spacial score (nSPS) is 20.8. The van der Waals surface area contributed by atoms with E-state index in [1.165, 1.54) is 25.7 Å². The van der Waals surface area contributed by atoms with Crippen molar-refractivity contribution in [3.63, 3.8) is 0 Å². The van der Waals surface area contributed by atoms with Crippen LogP contribution in [0.3, 0.4) is 0 Å². The average molecular weight is 354 g/mol. The Balaban J connectivity index is 1.44. The van der Waals surface area contributed by atoms with Crippen molar-refractivity contribution in [2.75, 3.05) is 13.2 Å². The molecule has 1 atom stereocenters. The lowest BCUT2D eigenvalue weighted by atomic mass is 10.1. The molecule has 3 heterocycles. The number of hydrogen-bond acceptors (Lipinski definition) is 4. The number of aromatic nitrogens is 3. The molecule has 6 nitrogen and oxygen atoms in total. The smallest absolute Gasteiger partial charge is 0.229 e. The zero-order valence-electron chi connectivity index (χ0n) is 15.1. The van der Waals surface area contributed by atoms with Crippen LogP contribution in [-0.2, 0) is 29.0 Å². The van der Waals surface area contributed by atoms with E-state index in [-0.39, 0.29) is 12.0 Å². The van der Waals surface area contributed by atoms with Crippen LogP contribution in [0.15, 0.2) is 36.7 Å². The summed E-state index contributed by atoms with van der Waals surface area (Å²) in [5.41, 5.74) is 1.87. The Morgan fingerprint density at radius 3 is 2.85 bits per heavy atom. The Bertz CT molecular complexity index is 724. The molecule has 4 rings (SSSR count). The summed E-state index contributed by atoms with van der Waals surface area (Å²) in [5.74, 6) is 0.765. The molecule has 0 bridgehead atoms. The molecule has 138 valence electrons. The number of fused-ring (bicyclic) bond motifs is 1. The quantitative estimate of drug-likeness (QED) is 0.827. The van der Waals surface area contributed by atoms with Gasteiger partial charge in [0.05, 0.1) is 31.3 Å². The van der Waals surface area contributed by atoms with Crippen molar-refractivity contribution in [1.82, 2.24) is 19.7 Å². The highest BCUT2D eigenvalue weighted by atomic mass is 16.5. The van der Waals surface area contributed by atoms with E-state index in [0.29, 0.717) is 32.0 Å². The van der Waals surface area contributed by atoms with Gasteiger partial charge in [-0.15, -0.1) is 0 Å². The maximum Gasteiger partial charge on any atom is 0.229 e. The van der Waals surface area contributed by atoms with Crippen LogP contribution in [0.25, 0.3) is 0 Å². The first kappa shape index (κ1) is 17.2.